The van der Waals surface area contributed by atoms with E-state index in [1.807, 2.05) is 0 Å². The molecular weight excluding hydrogens is 396 g/mol. The number of nitro groups is 1. The molecule has 144 valence electrons. The Bertz CT molecular complexity index is 956. The lowest BCUT2D eigenvalue weighted by atomic mass is 10.2. The van der Waals surface area contributed by atoms with E-state index in [1.54, 1.807) is 13.8 Å². The molecule has 0 atom stereocenters. The summed E-state index contributed by atoms with van der Waals surface area (Å²) in [4.78, 5) is 22.4. The highest BCUT2D eigenvalue weighted by Crippen LogP contribution is 2.29. The van der Waals surface area contributed by atoms with E-state index < -0.39 is 20.9 Å². The molecule has 2 aromatic carbocycles. The Hall–Kier alpha value is -2.49. The number of carbonyl (C=O) groups is 1. The van der Waals surface area contributed by atoms with E-state index in [0.717, 1.165) is 12.1 Å². The first kappa shape index (κ1) is 20.8. The van der Waals surface area contributed by atoms with Crippen molar-refractivity contribution in [1.82, 2.24) is 4.31 Å². The standard InChI is InChI=1S/C17H17ClN2O6S/c1-3-19(4-2)27(24,25)14-8-5-12(6-9-14)17(21)26-16-10-7-13(20(22)23)11-15(16)18/h5-11H,3-4H2,1-2H3. The number of hydrogen-bond donors (Lipinski definition) is 0. The van der Waals surface area contributed by atoms with Crippen molar-refractivity contribution in [2.24, 2.45) is 0 Å². The van der Waals surface area contributed by atoms with E-state index in [2.05, 4.69) is 0 Å². The summed E-state index contributed by atoms with van der Waals surface area (Å²) >= 11 is 5.89. The zero-order chi connectivity index (χ0) is 20.2. The molecule has 0 aliphatic heterocycles. The quantitative estimate of drug-likeness (QED) is 0.298. The Labute approximate surface area is 161 Å². The molecule has 0 aliphatic carbocycles. The molecule has 2 rings (SSSR count). The molecule has 8 nitrogen and oxygen atoms in total. The van der Waals surface area contributed by atoms with Gasteiger partial charge in [0.1, 0.15) is 5.75 Å². The summed E-state index contributed by atoms with van der Waals surface area (Å²) in [7, 11) is -3.63. The summed E-state index contributed by atoms with van der Waals surface area (Å²) in [6, 6.07) is 8.76. The molecule has 0 fully saturated rings. The van der Waals surface area contributed by atoms with Gasteiger partial charge in [-0.25, -0.2) is 13.2 Å². The monoisotopic (exact) mass is 412 g/mol. The van der Waals surface area contributed by atoms with E-state index in [-0.39, 0.29) is 26.9 Å². The maximum absolute atomic E-state index is 12.4. The first-order valence-corrected chi connectivity index (χ1v) is 9.78. The topological polar surface area (TPSA) is 107 Å². The van der Waals surface area contributed by atoms with Gasteiger partial charge in [-0.15, -0.1) is 0 Å². The van der Waals surface area contributed by atoms with E-state index >= 15 is 0 Å². The zero-order valence-corrected chi connectivity index (χ0v) is 16.2. The van der Waals surface area contributed by atoms with Gasteiger partial charge in [-0.05, 0) is 30.3 Å². The van der Waals surface area contributed by atoms with E-state index in [1.165, 1.54) is 34.6 Å². The molecule has 0 radical (unpaired) electrons. The van der Waals surface area contributed by atoms with Gasteiger partial charge in [-0.2, -0.15) is 4.31 Å². The van der Waals surface area contributed by atoms with Crippen LogP contribution in [0.25, 0.3) is 0 Å². The van der Waals surface area contributed by atoms with Gasteiger partial charge in [0.05, 0.1) is 20.4 Å². The summed E-state index contributed by atoms with van der Waals surface area (Å²) in [5.41, 5.74) is -0.117. The summed E-state index contributed by atoms with van der Waals surface area (Å²) in [5.74, 6) is -0.801. The van der Waals surface area contributed by atoms with Crippen LogP contribution in [-0.2, 0) is 10.0 Å². The van der Waals surface area contributed by atoms with Crippen molar-refractivity contribution in [2.45, 2.75) is 18.7 Å². The molecule has 0 bridgehead atoms. The average Bonchev–Trinajstić information content (AvgIpc) is 2.64. The average molecular weight is 413 g/mol. The molecular formula is C17H17ClN2O6S. The van der Waals surface area contributed by atoms with E-state index in [0.29, 0.717) is 13.1 Å². The van der Waals surface area contributed by atoms with Crippen molar-refractivity contribution in [3.63, 3.8) is 0 Å². The number of esters is 1. The number of halogens is 1. The van der Waals surface area contributed by atoms with Crippen molar-refractivity contribution in [3.05, 3.63) is 63.2 Å². The molecule has 0 N–H and O–H groups in total. The highest BCUT2D eigenvalue weighted by molar-refractivity contribution is 7.89. The van der Waals surface area contributed by atoms with Crippen LogP contribution in [0.5, 0.6) is 5.75 Å². The van der Waals surface area contributed by atoms with Crippen LogP contribution in [0.15, 0.2) is 47.4 Å². The first-order valence-electron chi connectivity index (χ1n) is 7.97. The Balaban J connectivity index is 2.20. The molecule has 0 aromatic heterocycles. The van der Waals surface area contributed by atoms with Gasteiger partial charge in [0, 0.05) is 25.2 Å². The lowest BCUT2D eigenvalue weighted by Gasteiger charge is -2.18. The second-order valence-electron chi connectivity index (χ2n) is 5.38. The van der Waals surface area contributed by atoms with Crippen LogP contribution in [-0.4, -0.2) is 36.7 Å². The second-order valence-corrected chi connectivity index (χ2v) is 7.72. The van der Waals surface area contributed by atoms with Crippen molar-refractivity contribution in [1.29, 1.82) is 0 Å². The smallest absolute Gasteiger partial charge is 0.343 e. The number of non-ortho nitro benzene ring substituents is 1. The van der Waals surface area contributed by atoms with Crippen LogP contribution in [0.3, 0.4) is 0 Å². The van der Waals surface area contributed by atoms with Crippen LogP contribution >= 0.6 is 11.6 Å². The van der Waals surface area contributed by atoms with Crippen LogP contribution < -0.4 is 4.74 Å². The molecule has 0 amide bonds. The highest BCUT2D eigenvalue weighted by atomic mass is 35.5. The molecule has 0 saturated heterocycles. The number of rotatable bonds is 7. The Morgan fingerprint density at radius 2 is 1.74 bits per heavy atom. The van der Waals surface area contributed by atoms with Gasteiger partial charge in [0.15, 0.2) is 0 Å². The molecule has 27 heavy (non-hydrogen) atoms. The molecule has 0 spiro atoms. The molecule has 0 unspecified atom stereocenters. The largest absolute Gasteiger partial charge is 0.421 e. The minimum absolute atomic E-state index is 0.0351. The SMILES string of the molecule is CCN(CC)S(=O)(=O)c1ccc(C(=O)Oc2ccc([N+](=O)[O-])cc2Cl)cc1. The zero-order valence-electron chi connectivity index (χ0n) is 14.6. The van der Waals surface area contributed by atoms with Gasteiger partial charge in [-0.1, -0.05) is 25.4 Å². The maximum Gasteiger partial charge on any atom is 0.343 e. The third kappa shape index (κ3) is 4.62. The summed E-state index contributed by atoms with van der Waals surface area (Å²) < 4.78 is 31.3. The number of ether oxygens (including phenoxy) is 1. The summed E-state index contributed by atoms with van der Waals surface area (Å²) in [6.07, 6.45) is 0. The molecule has 0 saturated carbocycles. The van der Waals surface area contributed by atoms with Crippen molar-refractivity contribution in [3.8, 4) is 5.75 Å². The van der Waals surface area contributed by atoms with Crippen LogP contribution in [0.4, 0.5) is 5.69 Å². The highest BCUT2D eigenvalue weighted by Gasteiger charge is 2.22. The molecule has 2 aromatic rings. The lowest BCUT2D eigenvalue weighted by Crippen LogP contribution is -2.30. The number of hydrogen-bond acceptors (Lipinski definition) is 6. The van der Waals surface area contributed by atoms with Crippen LogP contribution in [0.1, 0.15) is 24.2 Å². The third-order valence-electron chi connectivity index (χ3n) is 3.76. The van der Waals surface area contributed by atoms with E-state index in [4.69, 9.17) is 16.3 Å². The Morgan fingerprint density at radius 1 is 1.15 bits per heavy atom. The number of sulfonamides is 1. The fraction of sp³-hybridized carbons (Fsp3) is 0.235. The van der Waals surface area contributed by atoms with Gasteiger partial charge >= 0.3 is 5.97 Å². The predicted octanol–water partition coefficient (Wildman–Crippen LogP) is 3.50. The first-order chi connectivity index (χ1) is 12.7. The van der Waals surface area contributed by atoms with Gasteiger partial charge in [0.25, 0.3) is 5.69 Å². The third-order valence-corrected chi connectivity index (χ3v) is 6.12. The lowest BCUT2D eigenvalue weighted by molar-refractivity contribution is -0.384. The summed E-state index contributed by atoms with van der Waals surface area (Å²) in [5, 5.41) is 10.6. The summed E-state index contributed by atoms with van der Waals surface area (Å²) in [6.45, 7) is 4.14. The Kier molecular flexibility index (Phi) is 6.53. The van der Waals surface area contributed by atoms with Crippen molar-refractivity contribution in [2.75, 3.05) is 13.1 Å². The van der Waals surface area contributed by atoms with Crippen molar-refractivity contribution < 1.29 is 22.9 Å². The van der Waals surface area contributed by atoms with E-state index in [9.17, 15) is 23.3 Å². The molecule has 0 heterocycles. The van der Waals surface area contributed by atoms with Gasteiger partial charge in [-0.3, -0.25) is 10.1 Å². The van der Waals surface area contributed by atoms with Crippen LogP contribution in [0.2, 0.25) is 5.02 Å². The maximum atomic E-state index is 12.4. The number of nitro benzene ring substituents is 1. The predicted molar refractivity (Wildman–Crippen MR) is 99.6 cm³/mol. The minimum Gasteiger partial charge on any atom is -0.421 e. The number of benzene rings is 2. The fourth-order valence-corrected chi connectivity index (χ4v) is 3.99. The van der Waals surface area contributed by atoms with Crippen molar-refractivity contribution >= 4 is 33.3 Å². The number of carbonyl (C=O) groups excluding carboxylic acids is 1. The molecule has 10 heteroatoms. The fourth-order valence-electron chi connectivity index (χ4n) is 2.32. The van der Waals surface area contributed by atoms with Crippen LogP contribution in [0, 0.1) is 10.1 Å². The van der Waals surface area contributed by atoms with Gasteiger partial charge < -0.3 is 4.74 Å². The molecule has 0 aliphatic rings. The second kappa shape index (κ2) is 8.47. The minimum atomic E-state index is -3.63. The number of nitrogens with zero attached hydrogens (tertiary/aromatic N) is 2. The van der Waals surface area contributed by atoms with Gasteiger partial charge in [0.2, 0.25) is 10.0 Å². The Morgan fingerprint density at radius 3 is 2.22 bits per heavy atom. The normalized spacial score (nSPS) is 11.4.